The van der Waals surface area contributed by atoms with Crippen molar-refractivity contribution in [2.45, 2.75) is 87.2 Å². The number of carbonyl (C=O) groups excluding carboxylic acids is 1. The third-order valence-electron chi connectivity index (χ3n) is 6.54. The molecule has 252 valence electrons. The minimum atomic E-state index is -1.06. The summed E-state index contributed by atoms with van der Waals surface area (Å²) in [6.07, 6.45) is -1.06. The van der Waals surface area contributed by atoms with Crippen LogP contribution in [0.3, 0.4) is 0 Å². The molecule has 0 fully saturated rings. The summed E-state index contributed by atoms with van der Waals surface area (Å²) in [7, 11) is 5.95. The smallest absolute Gasteiger partial charge is 0.190 e. The Morgan fingerprint density at radius 1 is 0.622 bits per heavy atom. The van der Waals surface area contributed by atoms with Crippen LogP contribution in [0.25, 0.3) is 0 Å². The van der Waals surface area contributed by atoms with E-state index in [1.54, 1.807) is 42.5 Å². The molecule has 9 nitrogen and oxygen atoms in total. The number of rotatable bonds is 9. The summed E-state index contributed by atoms with van der Waals surface area (Å²) >= 11 is 0. The van der Waals surface area contributed by atoms with Crippen LogP contribution in [0.4, 0.5) is 0 Å². The van der Waals surface area contributed by atoms with Crippen LogP contribution in [0.1, 0.15) is 101 Å². The first-order chi connectivity index (χ1) is 21.9. The number of hydrogen-bond acceptors (Lipinski definition) is 9. The van der Waals surface area contributed by atoms with Gasteiger partial charge in [-0.1, -0.05) is 61.5 Å². The molecule has 1 aliphatic heterocycles. The molecule has 9 heteroatoms. The molecule has 0 bridgehead atoms. The molecule has 0 spiro atoms. The Morgan fingerprint density at radius 2 is 1.18 bits per heavy atom. The van der Waals surface area contributed by atoms with Gasteiger partial charge >= 0.3 is 0 Å². The number of aliphatic hydroxyl groups is 3. The van der Waals surface area contributed by atoms with Crippen molar-refractivity contribution in [2.24, 2.45) is 0 Å². The van der Waals surface area contributed by atoms with Gasteiger partial charge in [0.15, 0.2) is 11.9 Å². The normalized spacial score (nSPS) is 14.2. The van der Waals surface area contributed by atoms with E-state index < -0.39 is 12.0 Å². The molecule has 0 aliphatic carbocycles. The Kier molecular flexibility index (Phi) is 20.0. The highest BCUT2D eigenvalue weighted by atomic mass is 16.5. The first-order valence-corrected chi connectivity index (χ1v) is 15.6. The van der Waals surface area contributed by atoms with E-state index in [1.165, 1.54) is 28.4 Å². The van der Waals surface area contributed by atoms with Gasteiger partial charge in [0, 0.05) is 22.8 Å². The number of ether oxygens (including phenoxy) is 5. The first-order valence-electron chi connectivity index (χ1n) is 15.6. The second-order valence-electron chi connectivity index (χ2n) is 8.49. The van der Waals surface area contributed by atoms with Crippen molar-refractivity contribution >= 4 is 5.78 Å². The minimum absolute atomic E-state index is 0.263. The predicted molar refractivity (Wildman–Crippen MR) is 179 cm³/mol. The summed E-state index contributed by atoms with van der Waals surface area (Å²) in [5.74, 6) is 0.731. The fourth-order valence-electron chi connectivity index (χ4n) is 4.78. The molecule has 1 heterocycles. The van der Waals surface area contributed by atoms with E-state index in [0.29, 0.717) is 62.1 Å². The molecule has 45 heavy (non-hydrogen) atoms. The van der Waals surface area contributed by atoms with Crippen LogP contribution >= 0.6 is 0 Å². The molecule has 0 aromatic heterocycles. The van der Waals surface area contributed by atoms with Crippen LogP contribution in [0, 0.1) is 0 Å². The highest BCUT2D eigenvalue weighted by molar-refractivity contribution is 5.97. The van der Waals surface area contributed by atoms with Crippen molar-refractivity contribution < 1.29 is 43.8 Å². The SMILES string of the molecule is CC.CC.CC.CC.COc1cc(CO)c([C@H]2C(=O)[C@@H](c3ccc(OC)c(CO)c3)Oc3cc(CO)cc(OC)c32)c(OC)c1. The van der Waals surface area contributed by atoms with Gasteiger partial charge in [-0.3, -0.25) is 4.79 Å². The number of hydrogen-bond donors (Lipinski definition) is 3. The number of fused-ring (bicyclic) bond motifs is 1. The van der Waals surface area contributed by atoms with Crippen LogP contribution in [0.5, 0.6) is 28.7 Å². The fourth-order valence-corrected chi connectivity index (χ4v) is 4.78. The maximum Gasteiger partial charge on any atom is 0.190 e. The van der Waals surface area contributed by atoms with Crippen molar-refractivity contribution in [2.75, 3.05) is 28.4 Å². The molecule has 4 rings (SSSR count). The third-order valence-corrected chi connectivity index (χ3v) is 6.54. The monoisotopic (exact) mass is 630 g/mol. The van der Waals surface area contributed by atoms with Gasteiger partial charge < -0.3 is 39.0 Å². The predicted octanol–water partition coefficient (Wildman–Crippen LogP) is 7.14. The standard InChI is InChI=1S/C28H30O9.4C2H6/c1-33-19-10-18(14-31)24(22(11-19)36-4)26-25-21(35-3)7-15(12-29)8-23(25)37-28(27(26)32)16-5-6-20(34-2)17(9-16)13-30;4*1-2/h5-11,26,28-31H,12-14H2,1-4H3;4*1-2H3/t26-,28-;;;;/m1..../s1. The molecule has 0 amide bonds. The van der Waals surface area contributed by atoms with Gasteiger partial charge in [-0.15, -0.1) is 0 Å². The van der Waals surface area contributed by atoms with Crippen molar-refractivity contribution in [3.8, 4) is 28.7 Å². The summed E-state index contributed by atoms with van der Waals surface area (Å²) in [4.78, 5) is 14.3. The molecular formula is C36H54O9. The van der Waals surface area contributed by atoms with Gasteiger partial charge in [0.2, 0.25) is 0 Å². The summed E-state index contributed by atoms with van der Waals surface area (Å²) in [5, 5.41) is 30.0. The quantitative estimate of drug-likeness (QED) is 0.226. The first kappa shape index (κ1) is 41.2. The summed E-state index contributed by atoms with van der Waals surface area (Å²) in [6, 6.07) is 11.6. The van der Waals surface area contributed by atoms with E-state index in [-0.39, 0.29) is 25.6 Å². The van der Waals surface area contributed by atoms with E-state index in [0.717, 1.165) is 0 Å². The van der Waals surface area contributed by atoms with Gasteiger partial charge in [-0.25, -0.2) is 0 Å². The van der Waals surface area contributed by atoms with Crippen LogP contribution < -0.4 is 23.7 Å². The Hall–Kier alpha value is -3.79. The maximum atomic E-state index is 14.3. The average molecular weight is 631 g/mol. The van der Waals surface area contributed by atoms with E-state index in [9.17, 15) is 20.1 Å². The highest BCUT2D eigenvalue weighted by Crippen LogP contribution is 2.51. The van der Waals surface area contributed by atoms with Crippen molar-refractivity contribution in [3.05, 3.63) is 75.8 Å². The molecule has 1 aliphatic rings. The van der Waals surface area contributed by atoms with Crippen LogP contribution in [0.15, 0.2) is 42.5 Å². The highest BCUT2D eigenvalue weighted by Gasteiger charge is 2.43. The molecular weight excluding hydrogens is 576 g/mol. The Bertz CT molecular complexity index is 1280. The molecule has 0 radical (unpaired) electrons. The van der Waals surface area contributed by atoms with Gasteiger partial charge in [-0.2, -0.15) is 0 Å². The third kappa shape index (κ3) is 9.36. The van der Waals surface area contributed by atoms with E-state index >= 15 is 0 Å². The van der Waals surface area contributed by atoms with Crippen LogP contribution in [0.2, 0.25) is 0 Å². The lowest BCUT2D eigenvalue weighted by molar-refractivity contribution is -0.128. The Balaban J connectivity index is 0.00000224. The lowest BCUT2D eigenvalue weighted by atomic mass is 9.78. The molecule has 2 atom stereocenters. The maximum absolute atomic E-state index is 14.3. The van der Waals surface area contributed by atoms with Gasteiger partial charge in [0.05, 0.1) is 59.7 Å². The Labute approximate surface area is 269 Å². The molecule has 3 N–H and O–H groups in total. The van der Waals surface area contributed by atoms with Gasteiger partial charge in [0.1, 0.15) is 28.7 Å². The average Bonchev–Trinajstić information content (AvgIpc) is 3.13. The van der Waals surface area contributed by atoms with Crippen LogP contribution in [-0.2, 0) is 24.6 Å². The number of benzene rings is 3. The molecule has 0 saturated heterocycles. The van der Waals surface area contributed by atoms with E-state index in [2.05, 4.69) is 0 Å². The lowest BCUT2D eigenvalue weighted by Gasteiger charge is -2.34. The lowest BCUT2D eigenvalue weighted by Crippen LogP contribution is -2.32. The summed E-state index contributed by atoms with van der Waals surface area (Å²) in [6.45, 7) is 15.1. The summed E-state index contributed by atoms with van der Waals surface area (Å²) in [5.41, 5.74) is 2.90. The zero-order chi connectivity index (χ0) is 34.7. The fraction of sp³-hybridized carbons (Fsp3) is 0.472. The number of methoxy groups -OCH3 is 4. The number of aliphatic hydroxyl groups excluding tert-OH is 3. The second-order valence-corrected chi connectivity index (χ2v) is 8.49. The van der Waals surface area contributed by atoms with E-state index in [1.807, 2.05) is 55.4 Å². The zero-order valence-corrected chi connectivity index (χ0v) is 29.1. The number of Topliss-reactive ketones (excluding diaryl/α,β-unsaturated/α-hetero) is 1. The van der Waals surface area contributed by atoms with Gasteiger partial charge in [-0.05, 0) is 41.5 Å². The van der Waals surface area contributed by atoms with Crippen molar-refractivity contribution in [1.82, 2.24) is 0 Å². The zero-order valence-electron chi connectivity index (χ0n) is 29.1. The van der Waals surface area contributed by atoms with Crippen molar-refractivity contribution in [3.63, 3.8) is 0 Å². The number of carbonyl (C=O) groups is 1. The molecule has 0 unspecified atom stereocenters. The van der Waals surface area contributed by atoms with Crippen molar-refractivity contribution in [1.29, 1.82) is 0 Å². The molecule has 0 saturated carbocycles. The molecule has 3 aromatic carbocycles. The topological polar surface area (TPSA) is 124 Å². The summed E-state index contributed by atoms with van der Waals surface area (Å²) < 4.78 is 28.2. The van der Waals surface area contributed by atoms with E-state index in [4.69, 9.17) is 23.7 Å². The van der Waals surface area contributed by atoms with Gasteiger partial charge in [0.25, 0.3) is 0 Å². The second kappa shape index (κ2) is 21.8. The Morgan fingerprint density at radius 3 is 1.67 bits per heavy atom. The largest absolute Gasteiger partial charge is 0.497 e. The van der Waals surface area contributed by atoms with Crippen LogP contribution in [-0.4, -0.2) is 49.5 Å². The minimum Gasteiger partial charge on any atom is -0.497 e. The number of ketones is 1. The molecule has 3 aromatic rings.